The molecule has 1 heterocycles. The molecule has 1 aromatic heterocycles. The number of nitrogens with zero attached hydrogens (tertiary/aromatic N) is 1. The molecule has 1 aliphatic rings. The lowest BCUT2D eigenvalue weighted by atomic mass is 9.84. The van der Waals surface area contributed by atoms with Crippen molar-refractivity contribution < 1.29 is 9.32 Å². The second-order valence-corrected chi connectivity index (χ2v) is 5.51. The van der Waals surface area contributed by atoms with Crippen molar-refractivity contribution in [2.75, 3.05) is 0 Å². The van der Waals surface area contributed by atoms with Gasteiger partial charge in [-0.2, -0.15) is 0 Å². The Morgan fingerprint density at radius 3 is 2.58 bits per heavy atom. The van der Waals surface area contributed by atoms with Crippen molar-refractivity contribution >= 4 is 5.91 Å². The molecule has 2 rings (SSSR count). The van der Waals surface area contributed by atoms with E-state index in [4.69, 9.17) is 4.52 Å². The number of aryl methyl sites for hydroxylation is 2. The monoisotopic (exact) mass is 264 g/mol. The lowest BCUT2D eigenvalue weighted by molar-refractivity contribution is 0.0919. The SMILES string of the molecule is CCc1noc(C)c1C(=O)NC1CCC(CC)CC1. The van der Waals surface area contributed by atoms with Gasteiger partial charge in [-0.1, -0.05) is 25.4 Å². The minimum Gasteiger partial charge on any atom is -0.361 e. The average Bonchev–Trinajstić information content (AvgIpc) is 2.80. The zero-order chi connectivity index (χ0) is 13.8. The molecule has 1 amide bonds. The standard InChI is InChI=1S/C15H24N2O2/c1-4-11-6-8-12(9-7-11)16-15(18)14-10(3)19-17-13(14)5-2/h11-12H,4-9H2,1-3H3,(H,16,18). The molecule has 0 aliphatic heterocycles. The zero-order valence-electron chi connectivity index (χ0n) is 12.2. The van der Waals surface area contributed by atoms with Crippen molar-refractivity contribution in [3.63, 3.8) is 0 Å². The van der Waals surface area contributed by atoms with Gasteiger partial charge in [0.15, 0.2) is 0 Å². The first-order valence-electron chi connectivity index (χ1n) is 7.41. The summed E-state index contributed by atoms with van der Waals surface area (Å²) >= 11 is 0. The molecule has 0 saturated heterocycles. The van der Waals surface area contributed by atoms with E-state index in [0.29, 0.717) is 17.4 Å². The van der Waals surface area contributed by atoms with Crippen molar-refractivity contribution in [3.05, 3.63) is 17.0 Å². The van der Waals surface area contributed by atoms with Crippen molar-refractivity contribution in [1.29, 1.82) is 0 Å². The molecule has 0 atom stereocenters. The van der Waals surface area contributed by atoms with Crippen LogP contribution < -0.4 is 5.32 Å². The highest BCUT2D eigenvalue weighted by Crippen LogP contribution is 2.27. The van der Waals surface area contributed by atoms with Gasteiger partial charge in [0.25, 0.3) is 5.91 Å². The van der Waals surface area contributed by atoms with Crippen LogP contribution in [0.5, 0.6) is 0 Å². The van der Waals surface area contributed by atoms with Gasteiger partial charge in [-0.25, -0.2) is 0 Å². The third kappa shape index (κ3) is 3.17. The van der Waals surface area contributed by atoms with Crippen LogP contribution in [0.4, 0.5) is 0 Å². The number of aromatic nitrogens is 1. The van der Waals surface area contributed by atoms with E-state index in [-0.39, 0.29) is 5.91 Å². The van der Waals surface area contributed by atoms with Crippen molar-refractivity contribution in [3.8, 4) is 0 Å². The van der Waals surface area contributed by atoms with Crippen LogP contribution in [0.15, 0.2) is 4.52 Å². The molecule has 19 heavy (non-hydrogen) atoms. The summed E-state index contributed by atoms with van der Waals surface area (Å²) in [5.41, 5.74) is 1.40. The van der Waals surface area contributed by atoms with Gasteiger partial charge < -0.3 is 9.84 Å². The van der Waals surface area contributed by atoms with Gasteiger partial charge in [-0.15, -0.1) is 0 Å². The summed E-state index contributed by atoms with van der Waals surface area (Å²) in [5, 5.41) is 7.08. The van der Waals surface area contributed by atoms with E-state index in [2.05, 4.69) is 17.4 Å². The summed E-state index contributed by atoms with van der Waals surface area (Å²) in [6.07, 6.45) is 6.62. The highest BCUT2D eigenvalue weighted by atomic mass is 16.5. The summed E-state index contributed by atoms with van der Waals surface area (Å²) in [5.74, 6) is 1.45. The van der Waals surface area contributed by atoms with E-state index in [1.165, 1.54) is 19.3 Å². The molecule has 0 aromatic carbocycles. The summed E-state index contributed by atoms with van der Waals surface area (Å²) in [6.45, 7) is 6.03. The van der Waals surface area contributed by atoms with Gasteiger partial charge in [-0.3, -0.25) is 4.79 Å². The summed E-state index contributed by atoms with van der Waals surface area (Å²) in [4.78, 5) is 12.3. The fourth-order valence-corrected chi connectivity index (χ4v) is 2.92. The lowest BCUT2D eigenvalue weighted by Gasteiger charge is -2.28. The maximum Gasteiger partial charge on any atom is 0.257 e. The molecular weight excluding hydrogens is 240 g/mol. The van der Waals surface area contributed by atoms with Crippen LogP contribution in [0.2, 0.25) is 0 Å². The highest BCUT2D eigenvalue weighted by molar-refractivity contribution is 5.96. The Balaban J connectivity index is 1.96. The number of rotatable bonds is 4. The van der Waals surface area contributed by atoms with E-state index >= 15 is 0 Å². The van der Waals surface area contributed by atoms with Gasteiger partial charge in [0.1, 0.15) is 11.3 Å². The maximum atomic E-state index is 12.3. The Morgan fingerprint density at radius 2 is 2.00 bits per heavy atom. The molecule has 4 heteroatoms. The Bertz CT molecular complexity index is 431. The van der Waals surface area contributed by atoms with Gasteiger partial charge in [0.2, 0.25) is 0 Å². The molecule has 1 aromatic rings. The Labute approximate surface area is 114 Å². The lowest BCUT2D eigenvalue weighted by Crippen LogP contribution is -2.38. The van der Waals surface area contributed by atoms with E-state index in [0.717, 1.165) is 30.9 Å². The molecule has 0 radical (unpaired) electrons. The predicted octanol–water partition coefficient (Wildman–Crippen LogP) is 3.24. The smallest absolute Gasteiger partial charge is 0.257 e. The molecule has 0 unspecified atom stereocenters. The number of nitrogens with one attached hydrogen (secondary N) is 1. The van der Waals surface area contributed by atoms with Crippen molar-refractivity contribution in [1.82, 2.24) is 10.5 Å². The summed E-state index contributed by atoms with van der Waals surface area (Å²) < 4.78 is 5.12. The quantitative estimate of drug-likeness (QED) is 0.908. The van der Waals surface area contributed by atoms with Crippen LogP contribution in [-0.2, 0) is 6.42 Å². The fourth-order valence-electron chi connectivity index (χ4n) is 2.92. The molecule has 0 spiro atoms. The molecule has 4 nitrogen and oxygen atoms in total. The molecule has 1 N–H and O–H groups in total. The first-order chi connectivity index (χ1) is 9.15. The van der Waals surface area contributed by atoms with Crippen molar-refractivity contribution in [2.45, 2.75) is 65.3 Å². The van der Waals surface area contributed by atoms with Gasteiger partial charge in [0, 0.05) is 6.04 Å². The summed E-state index contributed by atoms with van der Waals surface area (Å²) in [7, 11) is 0. The van der Waals surface area contributed by atoms with Crippen LogP contribution in [0.25, 0.3) is 0 Å². The second kappa shape index (κ2) is 6.22. The molecule has 1 aliphatic carbocycles. The minimum atomic E-state index is -0.0180. The number of amides is 1. The largest absolute Gasteiger partial charge is 0.361 e. The first-order valence-corrected chi connectivity index (χ1v) is 7.41. The van der Waals surface area contributed by atoms with E-state index in [1.54, 1.807) is 6.92 Å². The highest BCUT2D eigenvalue weighted by Gasteiger charge is 2.25. The molecule has 0 bridgehead atoms. The Hall–Kier alpha value is -1.32. The minimum absolute atomic E-state index is 0.0180. The fraction of sp³-hybridized carbons (Fsp3) is 0.733. The molecule has 1 fully saturated rings. The molecular formula is C15H24N2O2. The maximum absolute atomic E-state index is 12.3. The van der Waals surface area contributed by atoms with Crippen LogP contribution in [-0.4, -0.2) is 17.1 Å². The molecule has 106 valence electrons. The van der Waals surface area contributed by atoms with E-state index in [9.17, 15) is 4.79 Å². The van der Waals surface area contributed by atoms with Gasteiger partial charge in [-0.05, 0) is 44.9 Å². The zero-order valence-corrected chi connectivity index (χ0v) is 12.2. The third-order valence-corrected chi connectivity index (χ3v) is 4.25. The predicted molar refractivity (Wildman–Crippen MR) is 74.1 cm³/mol. The van der Waals surface area contributed by atoms with Crippen LogP contribution >= 0.6 is 0 Å². The first kappa shape index (κ1) is 14.1. The van der Waals surface area contributed by atoms with E-state index < -0.39 is 0 Å². The number of carbonyl (C=O) groups is 1. The Morgan fingerprint density at radius 1 is 1.32 bits per heavy atom. The number of hydrogen-bond acceptors (Lipinski definition) is 3. The normalized spacial score (nSPS) is 23.3. The summed E-state index contributed by atoms with van der Waals surface area (Å²) in [6, 6.07) is 0.314. The van der Waals surface area contributed by atoms with Crippen LogP contribution in [0, 0.1) is 12.8 Å². The second-order valence-electron chi connectivity index (χ2n) is 5.51. The Kier molecular flexibility index (Phi) is 4.61. The number of carbonyl (C=O) groups excluding carboxylic acids is 1. The van der Waals surface area contributed by atoms with Crippen LogP contribution in [0.1, 0.15) is 67.8 Å². The topological polar surface area (TPSA) is 55.1 Å². The van der Waals surface area contributed by atoms with Crippen LogP contribution in [0.3, 0.4) is 0 Å². The average molecular weight is 264 g/mol. The van der Waals surface area contributed by atoms with E-state index in [1.807, 2.05) is 6.92 Å². The molecule has 1 saturated carbocycles. The van der Waals surface area contributed by atoms with Crippen molar-refractivity contribution in [2.24, 2.45) is 5.92 Å². The van der Waals surface area contributed by atoms with Gasteiger partial charge in [0.05, 0.1) is 5.69 Å². The van der Waals surface area contributed by atoms with Gasteiger partial charge >= 0.3 is 0 Å². The number of hydrogen-bond donors (Lipinski definition) is 1. The third-order valence-electron chi connectivity index (χ3n) is 4.25.